The normalized spacial score (nSPS) is 14.1. The Labute approximate surface area is 87.7 Å². The van der Waals surface area contributed by atoms with Gasteiger partial charge in [-0.1, -0.05) is 6.07 Å². The second kappa shape index (κ2) is 4.09. The summed E-state index contributed by atoms with van der Waals surface area (Å²) < 4.78 is 10.8. The van der Waals surface area contributed by atoms with E-state index >= 15 is 0 Å². The molecular formula is C11H11NO3. The predicted octanol–water partition coefficient (Wildman–Crippen LogP) is 1.62. The van der Waals surface area contributed by atoms with Crippen LogP contribution in [-0.4, -0.2) is 18.3 Å². The van der Waals surface area contributed by atoms with Crippen molar-refractivity contribution in [2.45, 2.75) is 12.8 Å². The van der Waals surface area contributed by atoms with Gasteiger partial charge in [0.2, 0.25) is 5.75 Å². The molecule has 4 heteroatoms. The van der Waals surface area contributed by atoms with Gasteiger partial charge < -0.3 is 14.6 Å². The first-order valence-corrected chi connectivity index (χ1v) is 4.80. The van der Waals surface area contributed by atoms with Crippen LogP contribution in [0.15, 0.2) is 12.1 Å². The van der Waals surface area contributed by atoms with Crippen LogP contribution in [-0.2, 0) is 6.42 Å². The fourth-order valence-corrected chi connectivity index (χ4v) is 1.49. The lowest BCUT2D eigenvalue weighted by molar-refractivity contribution is 0.291. The molecule has 0 spiro atoms. The molecule has 0 saturated carbocycles. The minimum atomic E-state index is 0.0240. The van der Waals surface area contributed by atoms with Crippen molar-refractivity contribution in [1.82, 2.24) is 0 Å². The summed E-state index contributed by atoms with van der Waals surface area (Å²) in [7, 11) is 0. The lowest BCUT2D eigenvalue weighted by atomic mass is 10.1. The molecule has 0 aromatic heterocycles. The molecule has 1 N–H and O–H groups in total. The number of phenolic OH excluding ortho intramolecular Hbond substituents is 1. The molecule has 0 radical (unpaired) electrons. The Bertz CT molecular complexity index is 409. The maximum absolute atomic E-state index is 9.83. The number of phenols is 1. The van der Waals surface area contributed by atoms with Gasteiger partial charge in [0.05, 0.1) is 25.7 Å². The fourth-order valence-electron chi connectivity index (χ4n) is 1.49. The molecule has 0 aliphatic carbocycles. The molecule has 2 rings (SSSR count). The zero-order valence-electron chi connectivity index (χ0n) is 8.19. The Morgan fingerprint density at radius 1 is 1.33 bits per heavy atom. The zero-order chi connectivity index (χ0) is 10.7. The number of benzene rings is 1. The van der Waals surface area contributed by atoms with Gasteiger partial charge in [0.15, 0.2) is 11.5 Å². The highest BCUT2D eigenvalue weighted by molar-refractivity contribution is 5.55. The van der Waals surface area contributed by atoms with Crippen LogP contribution in [0, 0.1) is 11.3 Å². The molecule has 0 saturated heterocycles. The first-order chi connectivity index (χ1) is 7.33. The van der Waals surface area contributed by atoms with Crippen LogP contribution in [0.5, 0.6) is 17.2 Å². The molecule has 0 atom stereocenters. The number of ether oxygens (including phenoxy) is 2. The van der Waals surface area contributed by atoms with E-state index in [1.807, 2.05) is 6.07 Å². The highest BCUT2D eigenvalue weighted by Gasteiger charge is 2.17. The lowest BCUT2D eigenvalue weighted by Gasteiger charge is -2.10. The van der Waals surface area contributed by atoms with Crippen LogP contribution >= 0.6 is 0 Å². The summed E-state index contributed by atoms with van der Waals surface area (Å²) in [6.07, 6.45) is 0.962. The van der Waals surface area contributed by atoms with Crippen molar-refractivity contribution >= 4 is 0 Å². The number of nitrogens with zero attached hydrogens (tertiary/aromatic N) is 1. The first-order valence-electron chi connectivity index (χ1n) is 4.80. The van der Waals surface area contributed by atoms with Gasteiger partial charge in [0.25, 0.3) is 0 Å². The first kappa shape index (κ1) is 9.66. The topological polar surface area (TPSA) is 62.5 Å². The average molecular weight is 205 g/mol. The van der Waals surface area contributed by atoms with Crippen LogP contribution in [0.1, 0.15) is 12.0 Å². The van der Waals surface area contributed by atoms with Gasteiger partial charge >= 0.3 is 0 Å². The highest BCUT2D eigenvalue weighted by Crippen LogP contribution is 2.40. The Kier molecular flexibility index (Phi) is 2.64. The molecular weight excluding hydrogens is 194 g/mol. The standard InChI is InChI=1S/C11H11NO3/c12-5-4-8-2-3-9-11(10(8)13)15-7-1-6-14-9/h2-3,13H,1,4,6-7H2. The summed E-state index contributed by atoms with van der Waals surface area (Å²) in [6.45, 7) is 1.11. The van der Waals surface area contributed by atoms with Crippen LogP contribution in [0.2, 0.25) is 0 Å². The summed E-state index contributed by atoms with van der Waals surface area (Å²) in [5.41, 5.74) is 0.571. The molecule has 78 valence electrons. The maximum Gasteiger partial charge on any atom is 0.203 e. The van der Waals surface area contributed by atoms with Crippen molar-refractivity contribution in [3.63, 3.8) is 0 Å². The Hall–Kier alpha value is -1.89. The summed E-state index contributed by atoms with van der Waals surface area (Å²) in [6, 6.07) is 5.41. The van der Waals surface area contributed by atoms with Crippen molar-refractivity contribution in [2.75, 3.05) is 13.2 Å². The minimum absolute atomic E-state index is 0.0240. The molecule has 0 amide bonds. The molecule has 0 fully saturated rings. The van der Waals surface area contributed by atoms with Gasteiger partial charge in [-0.25, -0.2) is 0 Å². The number of nitriles is 1. The molecule has 15 heavy (non-hydrogen) atoms. The Morgan fingerprint density at radius 2 is 2.13 bits per heavy atom. The number of hydrogen-bond donors (Lipinski definition) is 1. The van der Waals surface area contributed by atoms with Gasteiger partial charge in [-0.3, -0.25) is 0 Å². The SMILES string of the molecule is N#CCc1ccc2c(c1O)OCCCO2. The van der Waals surface area contributed by atoms with E-state index in [9.17, 15) is 5.11 Å². The molecule has 1 aromatic carbocycles. The number of fused-ring (bicyclic) bond motifs is 1. The van der Waals surface area contributed by atoms with Crippen molar-refractivity contribution in [1.29, 1.82) is 5.26 Å². The lowest BCUT2D eigenvalue weighted by Crippen LogP contribution is -1.97. The zero-order valence-corrected chi connectivity index (χ0v) is 8.19. The quantitative estimate of drug-likeness (QED) is 0.756. The third-order valence-electron chi connectivity index (χ3n) is 2.24. The molecule has 0 bridgehead atoms. The van der Waals surface area contributed by atoms with Gasteiger partial charge in [-0.2, -0.15) is 5.26 Å². The Balaban J connectivity index is 2.42. The molecule has 1 aromatic rings. The smallest absolute Gasteiger partial charge is 0.203 e. The van der Waals surface area contributed by atoms with E-state index in [2.05, 4.69) is 0 Å². The van der Waals surface area contributed by atoms with Crippen LogP contribution in [0.4, 0.5) is 0 Å². The van der Waals surface area contributed by atoms with Crippen molar-refractivity contribution in [2.24, 2.45) is 0 Å². The van der Waals surface area contributed by atoms with Gasteiger partial charge in [0, 0.05) is 12.0 Å². The molecule has 1 aliphatic heterocycles. The van der Waals surface area contributed by atoms with Crippen LogP contribution in [0.25, 0.3) is 0 Å². The van der Waals surface area contributed by atoms with Gasteiger partial charge in [0.1, 0.15) is 0 Å². The van der Waals surface area contributed by atoms with Crippen LogP contribution < -0.4 is 9.47 Å². The van der Waals surface area contributed by atoms with Crippen molar-refractivity contribution in [3.8, 4) is 23.3 Å². The van der Waals surface area contributed by atoms with Gasteiger partial charge in [-0.05, 0) is 6.07 Å². The third-order valence-corrected chi connectivity index (χ3v) is 2.24. The minimum Gasteiger partial charge on any atom is -0.504 e. The monoisotopic (exact) mass is 205 g/mol. The van der Waals surface area contributed by atoms with E-state index in [1.54, 1.807) is 12.1 Å². The summed E-state index contributed by atoms with van der Waals surface area (Å²) >= 11 is 0. The van der Waals surface area contributed by atoms with E-state index in [4.69, 9.17) is 14.7 Å². The number of aromatic hydroxyl groups is 1. The van der Waals surface area contributed by atoms with E-state index in [0.717, 1.165) is 6.42 Å². The molecule has 4 nitrogen and oxygen atoms in total. The number of hydrogen-bond acceptors (Lipinski definition) is 4. The molecule has 1 heterocycles. The number of rotatable bonds is 1. The van der Waals surface area contributed by atoms with Gasteiger partial charge in [-0.15, -0.1) is 0 Å². The average Bonchev–Trinajstić information content (AvgIpc) is 2.48. The predicted molar refractivity (Wildman–Crippen MR) is 53.0 cm³/mol. The third kappa shape index (κ3) is 1.82. The van der Waals surface area contributed by atoms with Crippen molar-refractivity contribution < 1.29 is 14.6 Å². The fraction of sp³-hybridized carbons (Fsp3) is 0.364. The largest absolute Gasteiger partial charge is 0.504 e. The van der Waals surface area contributed by atoms with E-state index in [0.29, 0.717) is 30.3 Å². The van der Waals surface area contributed by atoms with E-state index in [1.165, 1.54) is 0 Å². The Morgan fingerprint density at radius 3 is 2.93 bits per heavy atom. The summed E-state index contributed by atoms with van der Waals surface area (Å²) in [5, 5.41) is 18.4. The highest BCUT2D eigenvalue weighted by atomic mass is 16.5. The summed E-state index contributed by atoms with van der Waals surface area (Å²) in [5.74, 6) is 0.933. The van der Waals surface area contributed by atoms with Crippen molar-refractivity contribution in [3.05, 3.63) is 17.7 Å². The second-order valence-electron chi connectivity index (χ2n) is 3.29. The van der Waals surface area contributed by atoms with E-state index < -0.39 is 0 Å². The second-order valence-corrected chi connectivity index (χ2v) is 3.29. The summed E-state index contributed by atoms with van der Waals surface area (Å²) in [4.78, 5) is 0. The van der Waals surface area contributed by atoms with E-state index in [-0.39, 0.29) is 12.2 Å². The molecule has 1 aliphatic rings. The molecule has 0 unspecified atom stereocenters. The van der Waals surface area contributed by atoms with Crippen LogP contribution in [0.3, 0.4) is 0 Å². The maximum atomic E-state index is 9.83.